The van der Waals surface area contributed by atoms with E-state index >= 15 is 0 Å². The minimum absolute atomic E-state index is 0. The number of hydrogen-bond donors (Lipinski definition) is 1. The molecule has 1 aliphatic rings. The van der Waals surface area contributed by atoms with Gasteiger partial charge in [-0.2, -0.15) is 0 Å². The SMILES string of the molecule is CC(NC(=O)OC(C)(C)C)C(=O)OCCOC1C[C@@H](C)[CH-]O1.[Cs+]. The first-order valence-corrected chi connectivity index (χ1v) is 7.44. The van der Waals surface area contributed by atoms with Gasteiger partial charge in [-0.25, -0.2) is 16.2 Å². The zero-order valence-corrected chi connectivity index (χ0v) is 21.2. The zero-order chi connectivity index (χ0) is 16.8. The third-order valence-corrected chi connectivity index (χ3v) is 2.75. The average Bonchev–Trinajstić information content (AvgIpc) is 2.77. The van der Waals surface area contributed by atoms with Crippen LogP contribution in [0.2, 0.25) is 0 Å². The predicted octanol–water partition coefficient (Wildman–Crippen LogP) is -0.992. The van der Waals surface area contributed by atoms with Crippen molar-refractivity contribution in [2.24, 2.45) is 5.92 Å². The van der Waals surface area contributed by atoms with Crippen LogP contribution in [0.3, 0.4) is 0 Å². The van der Waals surface area contributed by atoms with Crippen LogP contribution in [0.15, 0.2) is 0 Å². The van der Waals surface area contributed by atoms with Crippen LogP contribution in [0.25, 0.3) is 0 Å². The van der Waals surface area contributed by atoms with Gasteiger partial charge in [-0.05, 0) is 34.1 Å². The van der Waals surface area contributed by atoms with Crippen molar-refractivity contribution < 1.29 is 97.4 Å². The van der Waals surface area contributed by atoms with Crippen LogP contribution >= 0.6 is 0 Å². The quantitative estimate of drug-likeness (QED) is 0.319. The second kappa shape index (κ2) is 11.4. The predicted molar refractivity (Wildman–Crippen MR) is 78.7 cm³/mol. The standard InChI is InChI=1S/C15H26NO6.Cs/c1-10-8-12(21-9-10)19-6-7-20-13(17)11(2)16-14(18)22-15(3,4)5;/h9-12H,6-8H2,1-5H3,(H,16,18);/q-1;+1/t10-,11?,12?;/m1./s1. The monoisotopic (exact) mass is 449 g/mol. The summed E-state index contributed by atoms with van der Waals surface area (Å²) in [5, 5.41) is 2.42. The van der Waals surface area contributed by atoms with E-state index < -0.39 is 23.7 Å². The maximum atomic E-state index is 11.7. The molecule has 3 atom stereocenters. The molecular weight excluding hydrogens is 423 g/mol. The molecule has 23 heavy (non-hydrogen) atoms. The summed E-state index contributed by atoms with van der Waals surface area (Å²) in [6.45, 7) is 10.9. The number of carbonyl (C=O) groups is 2. The fourth-order valence-electron chi connectivity index (χ4n) is 1.73. The fraction of sp³-hybridized carbons (Fsp3) is 0.800. The first kappa shape index (κ1) is 23.7. The van der Waals surface area contributed by atoms with Crippen molar-refractivity contribution >= 4 is 12.1 Å². The molecule has 1 heterocycles. The van der Waals surface area contributed by atoms with Crippen molar-refractivity contribution in [2.75, 3.05) is 13.2 Å². The van der Waals surface area contributed by atoms with E-state index in [-0.39, 0.29) is 88.4 Å². The maximum Gasteiger partial charge on any atom is 1.00 e. The normalized spacial score (nSPS) is 22.0. The minimum atomic E-state index is -0.786. The Bertz CT molecular complexity index is 385. The van der Waals surface area contributed by atoms with Crippen LogP contribution in [0.4, 0.5) is 4.79 Å². The Morgan fingerprint density at radius 1 is 1.35 bits per heavy atom. The van der Waals surface area contributed by atoms with Gasteiger partial charge in [-0.1, -0.05) is 6.92 Å². The summed E-state index contributed by atoms with van der Waals surface area (Å²) in [5.74, 6) is -0.174. The Labute approximate surface area is 196 Å². The average molecular weight is 449 g/mol. The van der Waals surface area contributed by atoms with Gasteiger partial charge in [0.25, 0.3) is 0 Å². The summed E-state index contributed by atoms with van der Waals surface area (Å²) in [4.78, 5) is 23.2. The molecule has 8 heteroatoms. The molecule has 0 saturated carbocycles. The Kier molecular flexibility index (Phi) is 11.7. The molecule has 0 radical (unpaired) electrons. The Morgan fingerprint density at radius 3 is 2.52 bits per heavy atom. The second-order valence-electron chi connectivity index (χ2n) is 6.32. The van der Waals surface area contributed by atoms with Gasteiger partial charge in [-0.3, -0.25) is 0 Å². The van der Waals surface area contributed by atoms with Crippen molar-refractivity contribution in [2.45, 2.75) is 59.0 Å². The second-order valence-corrected chi connectivity index (χ2v) is 6.32. The van der Waals surface area contributed by atoms with E-state index in [4.69, 9.17) is 18.9 Å². The Balaban J connectivity index is 0.00000484. The number of alkyl carbamates (subject to hydrolysis) is 1. The molecule has 2 unspecified atom stereocenters. The number of rotatable bonds is 6. The number of ether oxygens (including phenoxy) is 4. The van der Waals surface area contributed by atoms with E-state index in [0.29, 0.717) is 5.92 Å². The molecule has 0 aromatic rings. The largest absolute Gasteiger partial charge is 1.00 e. The maximum absolute atomic E-state index is 11.7. The van der Waals surface area contributed by atoms with E-state index in [0.717, 1.165) is 6.42 Å². The number of carbonyl (C=O) groups excluding carboxylic acids is 2. The molecule has 1 amide bonds. The van der Waals surface area contributed by atoms with E-state index in [1.807, 2.05) is 6.92 Å². The van der Waals surface area contributed by atoms with Gasteiger partial charge < -0.3 is 24.3 Å². The number of esters is 1. The number of nitrogens with one attached hydrogen (secondary N) is 1. The zero-order valence-electron chi connectivity index (χ0n) is 14.9. The third-order valence-electron chi connectivity index (χ3n) is 2.75. The van der Waals surface area contributed by atoms with Gasteiger partial charge in [0, 0.05) is 0 Å². The smallest absolute Gasteiger partial charge is 0.529 e. The van der Waals surface area contributed by atoms with Crippen LogP contribution in [0, 0.1) is 12.5 Å². The molecule has 1 N–H and O–H groups in total. The van der Waals surface area contributed by atoms with E-state index in [2.05, 4.69) is 5.32 Å². The van der Waals surface area contributed by atoms with Crippen molar-refractivity contribution in [1.29, 1.82) is 0 Å². The molecule has 1 rings (SSSR count). The molecule has 0 aromatic carbocycles. The van der Waals surface area contributed by atoms with Crippen LogP contribution in [0.5, 0.6) is 0 Å². The summed E-state index contributed by atoms with van der Waals surface area (Å²) in [6.07, 6.45) is -0.132. The van der Waals surface area contributed by atoms with Crippen molar-refractivity contribution in [1.82, 2.24) is 5.32 Å². The van der Waals surface area contributed by atoms with Crippen molar-refractivity contribution in [3.05, 3.63) is 6.61 Å². The van der Waals surface area contributed by atoms with Gasteiger partial charge in [0.1, 0.15) is 24.5 Å². The van der Waals surface area contributed by atoms with E-state index in [9.17, 15) is 9.59 Å². The minimum Gasteiger partial charge on any atom is -0.529 e. The van der Waals surface area contributed by atoms with Crippen molar-refractivity contribution in [3.8, 4) is 0 Å². The summed E-state index contributed by atoms with van der Waals surface area (Å²) in [7, 11) is 0. The molecule has 1 aliphatic heterocycles. The molecule has 1 saturated heterocycles. The van der Waals surface area contributed by atoms with Crippen LogP contribution in [-0.4, -0.2) is 43.2 Å². The molecule has 7 nitrogen and oxygen atoms in total. The van der Waals surface area contributed by atoms with E-state index in [1.54, 1.807) is 27.4 Å². The summed E-state index contributed by atoms with van der Waals surface area (Å²) in [6, 6.07) is -0.786. The summed E-state index contributed by atoms with van der Waals surface area (Å²) >= 11 is 0. The van der Waals surface area contributed by atoms with Gasteiger partial charge in [0.15, 0.2) is 0 Å². The fourth-order valence-corrected chi connectivity index (χ4v) is 1.73. The molecule has 128 valence electrons. The number of hydrogen-bond acceptors (Lipinski definition) is 6. The molecule has 0 aliphatic carbocycles. The topological polar surface area (TPSA) is 83.1 Å². The molecular formula is C15H26CsNO6. The third kappa shape index (κ3) is 11.0. The van der Waals surface area contributed by atoms with Gasteiger partial charge in [-0.15, -0.1) is 5.92 Å². The summed E-state index contributed by atoms with van der Waals surface area (Å²) < 4.78 is 20.7. The molecule has 0 bridgehead atoms. The molecule has 0 aromatic heterocycles. The molecule has 1 fully saturated rings. The van der Waals surface area contributed by atoms with Crippen LogP contribution in [0.1, 0.15) is 41.0 Å². The van der Waals surface area contributed by atoms with Crippen LogP contribution in [-0.2, 0) is 23.7 Å². The Hall–Kier alpha value is 0.712. The van der Waals surface area contributed by atoms with Crippen LogP contribution < -0.4 is 74.2 Å². The van der Waals surface area contributed by atoms with Gasteiger partial charge in [0.2, 0.25) is 0 Å². The Morgan fingerprint density at radius 2 is 2.00 bits per heavy atom. The van der Waals surface area contributed by atoms with Gasteiger partial charge >= 0.3 is 81.0 Å². The molecule has 0 spiro atoms. The summed E-state index contributed by atoms with van der Waals surface area (Å²) in [5.41, 5.74) is -0.614. The van der Waals surface area contributed by atoms with Gasteiger partial charge in [0.05, 0.1) is 6.61 Å². The first-order valence-electron chi connectivity index (χ1n) is 7.44. The van der Waals surface area contributed by atoms with Crippen molar-refractivity contribution in [3.63, 3.8) is 0 Å². The first-order chi connectivity index (χ1) is 10.2. The number of amides is 1. The van der Waals surface area contributed by atoms with E-state index in [1.165, 1.54) is 6.92 Å².